The third-order valence-corrected chi connectivity index (χ3v) is 4.40. The average Bonchev–Trinajstić information content (AvgIpc) is 2.61. The molecule has 2 rings (SSSR count). The van der Waals surface area contributed by atoms with Crippen molar-refractivity contribution < 1.29 is 0 Å². The zero-order chi connectivity index (χ0) is 13.2. The van der Waals surface area contributed by atoms with Gasteiger partial charge in [0.1, 0.15) is 0 Å². The summed E-state index contributed by atoms with van der Waals surface area (Å²) in [4.78, 5) is 0. The lowest BCUT2D eigenvalue weighted by atomic mass is 9.92. The van der Waals surface area contributed by atoms with E-state index in [9.17, 15) is 0 Å². The summed E-state index contributed by atoms with van der Waals surface area (Å²) in [7, 11) is 0. The number of hydrogen-bond donors (Lipinski definition) is 1. The van der Waals surface area contributed by atoms with Gasteiger partial charge in [0.25, 0.3) is 0 Å². The summed E-state index contributed by atoms with van der Waals surface area (Å²) in [6.07, 6.45) is 4.86. The van der Waals surface area contributed by atoms with Gasteiger partial charge >= 0.3 is 0 Å². The fraction of sp³-hybridized carbons (Fsp3) is 0.600. The molecule has 1 aliphatic rings. The lowest BCUT2D eigenvalue weighted by Crippen LogP contribution is -2.29. The van der Waals surface area contributed by atoms with Gasteiger partial charge in [-0.05, 0) is 55.3 Å². The van der Waals surface area contributed by atoms with Crippen molar-refractivity contribution in [3.05, 3.63) is 33.8 Å². The molecule has 1 nitrogen and oxygen atoms in total. The van der Waals surface area contributed by atoms with E-state index < -0.39 is 0 Å². The van der Waals surface area contributed by atoms with Crippen LogP contribution in [0.2, 0.25) is 10.0 Å². The highest BCUT2D eigenvalue weighted by Gasteiger charge is 2.30. The van der Waals surface area contributed by atoms with E-state index in [1.807, 2.05) is 18.2 Å². The Morgan fingerprint density at radius 1 is 1.33 bits per heavy atom. The first-order valence-corrected chi connectivity index (χ1v) is 7.39. The van der Waals surface area contributed by atoms with Gasteiger partial charge in [-0.2, -0.15) is 0 Å². The molecule has 3 heteroatoms. The standard InChI is InChI=1S/C15H21Cl2N/c1-15(2)7-5-13(10-15)18-8-6-11-3-4-12(16)9-14(11)17/h3-4,9,13,18H,5-8,10H2,1-2H3. The molecule has 1 atom stereocenters. The smallest absolute Gasteiger partial charge is 0.0453 e. The van der Waals surface area contributed by atoms with Crippen LogP contribution in [0.5, 0.6) is 0 Å². The zero-order valence-corrected chi connectivity index (χ0v) is 12.6. The number of benzene rings is 1. The molecule has 0 saturated heterocycles. The minimum Gasteiger partial charge on any atom is -0.314 e. The molecule has 0 aromatic heterocycles. The van der Waals surface area contributed by atoms with Gasteiger partial charge < -0.3 is 5.32 Å². The molecule has 0 aliphatic heterocycles. The molecular formula is C15H21Cl2N. The molecule has 1 unspecified atom stereocenters. The maximum Gasteiger partial charge on any atom is 0.0453 e. The molecule has 0 heterocycles. The van der Waals surface area contributed by atoms with Gasteiger partial charge in [0.05, 0.1) is 0 Å². The van der Waals surface area contributed by atoms with Crippen LogP contribution in [0.25, 0.3) is 0 Å². The van der Waals surface area contributed by atoms with Crippen molar-refractivity contribution in [3.63, 3.8) is 0 Å². The van der Waals surface area contributed by atoms with Crippen molar-refractivity contribution >= 4 is 23.2 Å². The van der Waals surface area contributed by atoms with Gasteiger partial charge in [-0.1, -0.05) is 43.1 Å². The molecule has 0 radical (unpaired) electrons. The van der Waals surface area contributed by atoms with E-state index in [4.69, 9.17) is 23.2 Å². The molecule has 1 saturated carbocycles. The van der Waals surface area contributed by atoms with Crippen molar-refractivity contribution in [2.24, 2.45) is 5.41 Å². The van der Waals surface area contributed by atoms with Crippen LogP contribution < -0.4 is 5.32 Å². The monoisotopic (exact) mass is 285 g/mol. The molecule has 18 heavy (non-hydrogen) atoms. The second kappa shape index (κ2) is 5.81. The predicted molar refractivity (Wildman–Crippen MR) is 79.6 cm³/mol. The molecule has 100 valence electrons. The Hall–Kier alpha value is -0.240. The van der Waals surface area contributed by atoms with Crippen LogP contribution >= 0.6 is 23.2 Å². The number of halogens is 2. The highest BCUT2D eigenvalue weighted by molar-refractivity contribution is 6.35. The lowest BCUT2D eigenvalue weighted by Gasteiger charge is -2.18. The number of hydrogen-bond acceptors (Lipinski definition) is 1. The van der Waals surface area contributed by atoms with Crippen molar-refractivity contribution in [1.82, 2.24) is 5.32 Å². The number of rotatable bonds is 4. The summed E-state index contributed by atoms with van der Waals surface area (Å²) in [6.45, 7) is 5.69. The largest absolute Gasteiger partial charge is 0.314 e. The molecule has 1 N–H and O–H groups in total. The van der Waals surface area contributed by atoms with Crippen LogP contribution in [0.1, 0.15) is 38.7 Å². The van der Waals surface area contributed by atoms with Crippen LogP contribution in [0.15, 0.2) is 18.2 Å². The molecule has 1 aromatic rings. The van der Waals surface area contributed by atoms with E-state index in [1.165, 1.54) is 24.8 Å². The highest BCUT2D eigenvalue weighted by atomic mass is 35.5. The van der Waals surface area contributed by atoms with Gasteiger partial charge in [-0.3, -0.25) is 0 Å². The van der Waals surface area contributed by atoms with E-state index in [0.29, 0.717) is 16.5 Å². The Kier molecular flexibility index (Phi) is 4.58. The Morgan fingerprint density at radius 2 is 2.11 bits per heavy atom. The molecule has 0 spiro atoms. The van der Waals surface area contributed by atoms with E-state index in [-0.39, 0.29) is 0 Å². The van der Waals surface area contributed by atoms with Crippen molar-refractivity contribution in [2.75, 3.05) is 6.54 Å². The lowest BCUT2D eigenvalue weighted by molar-refractivity contribution is 0.365. The first kappa shape index (κ1) is 14.2. The molecule has 0 amide bonds. The maximum absolute atomic E-state index is 6.16. The summed E-state index contributed by atoms with van der Waals surface area (Å²) >= 11 is 12.0. The number of nitrogens with one attached hydrogen (secondary N) is 1. The summed E-state index contributed by atoms with van der Waals surface area (Å²) in [5.41, 5.74) is 1.68. The van der Waals surface area contributed by atoms with E-state index in [0.717, 1.165) is 18.0 Å². The average molecular weight is 286 g/mol. The van der Waals surface area contributed by atoms with Crippen molar-refractivity contribution in [3.8, 4) is 0 Å². The molecule has 1 fully saturated rings. The predicted octanol–water partition coefficient (Wildman–Crippen LogP) is 4.70. The Bertz CT molecular complexity index is 415. The Morgan fingerprint density at radius 3 is 2.72 bits per heavy atom. The van der Waals surface area contributed by atoms with Crippen LogP contribution in [0, 0.1) is 5.41 Å². The van der Waals surface area contributed by atoms with Crippen molar-refractivity contribution in [1.29, 1.82) is 0 Å². The SMILES string of the molecule is CC1(C)CCC(NCCc2ccc(Cl)cc2Cl)C1. The van der Waals surface area contributed by atoms with Gasteiger partial charge in [0.15, 0.2) is 0 Å². The minimum absolute atomic E-state index is 0.510. The fourth-order valence-corrected chi connectivity index (χ4v) is 3.25. The third kappa shape index (κ3) is 3.88. The van der Waals surface area contributed by atoms with Gasteiger partial charge in [0, 0.05) is 16.1 Å². The van der Waals surface area contributed by atoms with Gasteiger partial charge in [-0.15, -0.1) is 0 Å². The summed E-state index contributed by atoms with van der Waals surface area (Å²) < 4.78 is 0. The van der Waals surface area contributed by atoms with Crippen LogP contribution in [0.4, 0.5) is 0 Å². The second-order valence-corrected chi connectivity index (χ2v) is 6.89. The Labute approximate surface area is 120 Å². The summed E-state index contributed by atoms with van der Waals surface area (Å²) in [6, 6.07) is 6.41. The summed E-state index contributed by atoms with van der Waals surface area (Å²) in [5, 5.41) is 5.11. The fourth-order valence-electron chi connectivity index (χ4n) is 2.75. The highest BCUT2D eigenvalue weighted by Crippen LogP contribution is 2.36. The minimum atomic E-state index is 0.510. The van der Waals surface area contributed by atoms with Gasteiger partial charge in [0.2, 0.25) is 0 Å². The molecular weight excluding hydrogens is 265 g/mol. The third-order valence-electron chi connectivity index (χ3n) is 3.81. The normalized spacial score (nSPS) is 22.3. The van der Waals surface area contributed by atoms with Crippen LogP contribution in [-0.4, -0.2) is 12.6 Å². The quantitative estimate of drug-likeness (QED) is 0.845. The van der Waals surface area contributed by atoms with Crippen LogP contribution in [0.3, 0.4) is 0 Å². The van der Waals surface area contributed by atoms with E-state index >= 15 is 0 Å². The molecule has 1 aromatic carbocycles. The maximum atomic E-state index is 6.16. The van der Waals surface area contributed by atoms with Crippen LogP contribution in [-0.2, 0) is 6.42 Å². The molecule has 1 aliphatic carbocycles. The van der Waals surface area contributed by atoms with Gasteiger partial charge in [-0.25, -0.2) is 0 Å². The first-order valence-electron chi connectivity index (χ1n) is 6.64. The van der Waals surface area contributed by atoms with E-state index in [2.05, 4.69) is 19.2 Å². The first-order chi connectivity index (χ1) is 8.46. The van der Waals surface area contributed by atoms with E-state index in [1.54, 1.807) is 0 Å². The topological polar surface area (TPSA) is 12.0 Å². The summed E-state index contributed by atoms with van der Waals surface area (Å²) in [5.74, 6) is 0. The molecule has 0 bridgehead atoms. The van der Waals surface area contributed by atoms with Crippen molar-refractivity contribution in [2.45, 2.75) is 45.6 Å². The zero-order valence-electron chi connectivity index (χ0n) is 11.1. The Balaban J connectivity index is 1.79. The second-order valence-electron chi connectivity index (χ2n) is 6.04.